The Balaban J connectivity index is 1.65. The fourth-order valence-electron chi connectivity index (χ4n) is 2.38. The Labute approximate surface area is 138 Å². The largest absolute Gasteiger partial charge is 0.379 e. The average molecular weight is 322 g/mol. The Morgan fingerprint density at radius 2 is 2.09 bits per heavy atom. The molecule has 122 valence electrons. The van der Waals surface area contributed by atoms with Gasteiger partial charge in [-0.05, 0) is 44.6 Å². The van der Waals surface area contributed by atoms with Crippen molar-refractivity contribution in [1.29, 1.82) is 0 Å². The molecule has 6 heteroatoms. The van der Waals surface area contributed by atoms with Gasteiger partial charge in [-0.15, -0.1) is 0 Å². The van der Waals surface area contributed by atoms with Crippen molar-refractivity contribution in [2.45, 2.75) is 26.4 Å². The number of nitrogens with zero attached hydrogens (tertiary/aromatic N) is 3. The lowest BCUT2D eigenvalue weighted by molar-refractivity contribution is 0.0776. The monoisotopic (exact) mass is 322 g/mol. The van der Waals surface area contributed by atoms with Crippen LogP contribution in [0.3, 0.4) is 0 Å². The summed E-state index contributed by atoms with van der Waals surface area (Å²) in [4.78, 5) is 8.94. The standard InChI is InChI=1S/C16H26N4OS/c1-14(2)21-13-5-8-18-16(22)20-11-9-19(10-12-20)15-6-3-4-7-17-15/h3-4,6-7,14H,5,8-13H2,1-2H3,(H,18,22). The molecule has 0 spiro atoms. The lowest BCUT2D eigenvalue weighted by Gasteiger charge is -2.36. The minimum absolute atomic E-state index is 0.298. The van der Waals surface area contributed by atoms with Gasteiger partial charge in [-0.3, -0.25) is 0 Å². The van der Waals surface area contributed by atoms with Gasteiger partial charge in [0.15, 0.2) is 5.11 Å². The van der Waals surface area contributed by atoms with E-state index in [0.717, 1.165) is 56.7 Å². The maximum absolute atomic E-state index is 5.52. The van der Waals surface area contributed by atoms with E-state index in [9.17, 15) is 0 Å². The fourth-order valence-corrected chi connectivity index (χ4v) is 2.66. The van der Waals surface area contributed by atoms with Crippen molar-refractivity contribution >= 4 is 23.1 Å². The van der Waals surface area contributed by atoms with E-state index >= 15 is 0 Å². The van der Waals surface area contributed by atoms with Crippen LogP contribution in [0.25, 0.3) is 0 Å². The zero-order valence-corrected chi connectivity index (χ0v) is 14.3. The summed E-state index contributed by atoms with van der Waals surface area (Å²) in [6.45, 7) is 9.53. The van der Waals surface area contributed by atoms with Crippen LogP contribution >= 0.6 is 12.2 Å². The number of rotatable bonds is 6. The molecule has 1 fully saturated rings. The van der Waals surface area contributed by atoms with Crippen molar-refractivity contribution in [3.63, 3.8) is 0 Å². The molecule has 1 saturated heterocycles. The number of piperazine rings is 1. The first kappa shape index (κ1) is 17.0. The molecule has 22 heavy (non-hydrogen) atoms. The fraction of sp³-hybridized carbons (Fsp3) is 0.625. The second-order valence-electron chi connectivity index (χ2n) is 5.67. The third-order valence-corrected chi connectivity index (χ3v) is 3.99. The molecule has 0 aliphatic carbocycles. The van der Waals surface area contributed by atoms with Gasteiger partial charge in [0, 0.05) is 45.5 Å². The first-order valence-corrected chi connectivity index (χ1v) is 8.38. The summed E-state index contributed by atoms with van der Waals surface area (Å²) in [5.41, 5.74) is 0. The molecule has 1 aliphatic heterocycles. The molecule has 0 amide bonds. The van der Waals surface area contributed by atoms with Crippen LogP contribution in [-0.4, -0.2) is 60.4 Å². The van der Waals surface area contributed by atoms with Crippen LogP contribution in [0.1, 0.15) is 20.3 Å². The molecule has 2 heterocycles. The highest BCUT2D eigenvalue weighted by Gasteiger charge is 2.19. The molecule has 0 unspecified atom stereocenters. The second-order valence-corrected chi connectivity index (χ2v) is 6.05. The molecule has 1 aliphatic rings. The SMILES string of the molecule is CC(C)OCCCNC(=S)N1CCN(c2ccccn2)CC1. The normalized spacial score (nSPS) is 15.2. The minimum Gasteiger partial charge on any atom is -0.379 e. The van der Waals surface area contributed by atoms with Crippen LogP contribution in [-0.2, 0) is 4.74 Å². The summed E-state index contributed by atoms with van der Waals surface area (Å²) in [6, 6.07) is 6.03. The number of anilines is 1. The summed E-state index contributed by atoms with van der Waals surface area (Å²) in [7, 11) is 0. The van der Waals surface area contributed by atoms with Crippen molar-refractivity contribution in [1.82, 2.24) is 15.2 Å². The summed E-state index contributed by atoms with van der Waals surface area (Å²) < 4.78 is 5.52. The maximum Gasteiger partial charge on any atom is 0.169 e. The molecule has 1 N–H and O–H groups in total. The van der Waals surface area contributed by atoms with E-state index in [1.54, 1.807) is 0 Å². The quantitative estimate of drug-likeness (QED) is 0.637. The van der Waals surface area contributed by atoms with Crippen molar-refractivity contribution in [2.75, 3.05) is 44.2 Å². The molecule has 1 aromatic heterocycles. The number of pyridine rings is 1. The maximum atomic E-state index is 5.52. The van der Waals surface area contributed by atoms with Crippen LogP contribution in [0.5, 0.6) is 0 Å². The first-order valence-electron chi connectivity index (χ1n) is 7.97. The van der Waals surface area contributed by atoms with E-state index in [0.29, 0.717) is 6.10 Å². The second kappa shape index (κ2) is 8.90. The van der Waals surface area contributed by atoms with Crippen molar-refractivity contribution < 1.29 is 4.74 Å². The van der Waals surface area contributed by atoms with Gasteiger partial charge in [0.1, 0.15) is 5.82 Å². The zero-order chi connectivity index (χ0) is 15.8. The minimum atomic E-state index is 0.298. The smallest absolute Gasteiger partial charge is 0.169 e. The van der Waals surface area contributed by atoms with Crippen molar-refractivity contribution in [3.05, 3.63) is 24.4 Å². The van der Waals surface area contributed by atoms with E-state index < -0.39 is 0 Å². The number of hydrogen-bond acceptors (Lipinski definition) is 4. The molecule has 5 nitrogen and oxygen atoms in total. The van der Waals surface area contributed by atoms with E-state index in [-0.39, 0.29) is 0 Å². The third-order valence-electron chi connectivity index (χ3n) is 3.59. The summed E-state index contributed by atoms with van der Waals surface area (Å²) in [5, 5.41) is 4.18. The molecule has 0 bridgehead atoms. The number of aromatic nitrogens is 1. The van der Waals surface area contributed by atoms with Gasteiger partial charge in [0.25, 0.3) is 0 Å². The Hall–Kier alpha value is -1.40. The highest BCUT2D eigenvalue weighted by molar-refractivity contribution is 7.80. The molecule has 1 aromatic rings. The molecular weight excluding hydrogens is 296 g/mol. The van der Waals surface area contributed by atoms with Gasteiger partial charge >= 0.3 is 0 Å². The van der Waals surface area contributed by atoms with Gasteiger partial charge in [0.05, 0.1) is 6.10 Å². The molecule has 2 rings (SSSR count). The van der Waals surface area contributed by atoms with Crippen molar-refractivity contribution in [3.8, 4) is 0 Å². The molecule has 0 atom stereocenters. The molecule has 0 saturated carbocycles. The number of hydrogen-bond donors (Lipinski definition) is 1. The molecule has 0 radical (unpaired) electrons. The van der Waals surface area contributed by atoms with Crippen LogP contribution in [0, 0.1) is 0 Å². The molecular formula is C16H26N4OS. The van der Waals surface area contributed by atoms with Gasteiger partial charge in [-0.2, -0.15) is 0 Å². The van der Waals surface area contributed by atoms with E-state index in [4.69, 9.17) is 17.0 Å². The Morgan fingerprint density at radius 1 is 1.32 bits per heavy atom. The van der Waals surface area contributed by atoms with E-state index in [1.807, 2.05) is 18.3 Å². The van der Waals surface area contributed by atoms with Gasteiger partial charge < -0.3 is 19.9 Å². The first-order chi connectivity index (χ1) is 10.7. The van der Waals surface area contributed by atoms with Crippen LogP contribution in [0.2, 0.25) is 0 Å². The van der Waals surface area contributed by atoms with Crippen LogP contribution < -0.4 is 10.2 Å². The number of ether oxygens (including phenoxy) is 1. The highest BCUT2D eigenvalue weighted by atomic mass is 32.1. The summed E-state index contributed by atoms with van der Waals surface area (Å²) in [6.07, 6.45) is 3.12. The lowest BCUT2D eigenvalue weighted by Crippen LogP contribution is -2.52. The topological polar surface area (TPSA) is 40.6 Å². The van der Waals surface area contributed by atoms with Crippen LogP contribution in [0.15, 0.2) is 24.4 Å². The Kier molecular flexibility index (Phi) is 6.86. The summed E-state index contributed by atoms with van der Waals surface area (Å²) in [5.74, 6) is 1.05. The van der Waals surface area contributed by atoms with Gasteiger partial charge in [-0.1, -0.05) is 6.07 Å². The average Bonchev–Trinajstić information content (AvgIpc) is 2.55. The Morgan fingerprint density at radius 3 is 2.73 bits per heavy atom. The number of nitrogens with one attached hydrogen (secondary N) is 1. The lowest BCUT2D eigenvalue weighted by atomic mass is 10.3. The van der Waals surface area contributed by atoms with E-state index in [2.05, 4.69) is 40.0 Å². The van der Waals surface area contributed by atoms with E-state index in [1.165, 1.54) is 0 Å². The summed E-state index contributed by atoms with van der Waals surface area (Å²) >= 11 is 5.47. The predicted molar refractivity (Wildman–Crippen MR) is 94.3 cm³/mol. The van der Waals surface area contributed by atoms with Gasteiger partial charge in [0.2, 0.25) is 0 Å². The molecule has 0 aromatic carbocycles. The Bertz CT molecular complexity index is 447. The predicted octanol–water partition coefficient (Wildman–Crippen LogP) is 1.89. The highest BCUT2D eigenvalue weighted by Crippen LogP contribution is 2.12. The third kappa shape index (κ3) is 5.42. The van der Waals surface area contributed by atoms with Crippen molar-refractivity contribution in [2.24, 2.45) is 0 Å². The van der Waals surface area contributed by atoms with Crippen LogP contribution in [0.4, 0.5) is 5.82 Å². The zero-order valence-electron chi connectivity index (χ0n) is 13.5. The van der Waals surface area contributed by atoms with Gasteiger partial charge in [-0.25, -0.2) is 4.98 Å². The number of thiocarbonyl (C=S) groups is 1.